The lowest BCUT2D eigenvalue weighted by Crippen LogP contribution is -2.13. The van der Waals surface area contributed by atoms with E-state index in [1.54, 1.807) is 7.11 Å². The molecule has 0 bridgehead atoms. The van der Waals surface area contributed by atoms with Gasteiger partial charge in [-0.3, -0.25) is 4.79 Å². The number of amides is 1. The predicted molar refractivity (Wildman–Crippen MR) is 117 cm³/mol. The molecule has 0 atom stereocenters. The van der Waals surface area contributed by atoms with Gasteiger partial charge in [0.2, 0.25) is 0 Å². The lowest BCUT2D eigenvalue weighted by atomic mass is 10.0. The number of benzene rings is 3. The van der Waals surface area contributed by atoms with Crippen LogP contribution in [-0.2, 0) is 13.0 Å². The molecule has 1 aromatic heterocycles. The van der Waals surface area contributed by atoms with Gasteiger partial charge in [0.1, 0.15) is 5.75 Å². The highest BCUT2D eigenvalue weighted by Gasteiger charge is 2.17. The molecule has 146 valence electrons. The van der Waals surface area contributed by atoms with E-state index in [0.29, 0.717) is 5.56 Å². The molecule has 3 aromatic carbocycles. The summed E-state index contributed by atoms with van der Waals surface area (Å²) in [4.78, 5) is 12.0. The quantitative estimate of drug-likeness (QED) is 0.510. The summed E-state index contributed by atoms with van der Waals surface area (Å²) in [6.45, 7) is 2.71. The van der Waals surface area contributed by atoms with Crippen molar-refractivity contribution < 1.29 is 9.53 Å². The van der Waals surface area contributed by atoms with Gasteiger partial charge in [0.25, 0.3) is 5.91 Å². The number of primary amides is 1. The summed E-state index contributed by atoms with van der Waals surface area (Å²) < 4.78 is 7.43. The maximum absolute atomic E-state index is 12.0. The first-order valence-electron chi connectivity index (χ1n) is 9.69. The Balaban J connectivity index is 1.72. The van der Waals surface area contributed by atoms with E-state index in [9.17, 15) is 4.79 Å². The molecule has 0 aliphatic carbocycles. The van der Waals surface area contributed by atoms with Crippen LogP contribution in [0.15, 0.2) is 72.8 Å². The number of nitrogens with two attached hydrogens (primary N) is 1. The average molecular weight is 384 g/mol. The summed E-state index contributed by atoms with van der Waals surface area (Å²) in [5.74, 6) is 0.450. The Morgan fingerprint density at radius 2 is 1.69 bits per heavy atom. The van der Waals surface area contributed by atoms with Crippen molar-refractivity contribution >= 4 is 16.7 Å². The Labute approximate surface area is 170 Å². The molecule has 0 saturated heterocycles. The van der Waals surface area contributed by atoms with Gasteiger partial charge in [-0.2, -0.15) is 0 Å². The molecule has 29 heavy (non-hydrogen) atoms. The predicted octanol–water partition coefficient (Wildman–Crippen LogP) is 4.97. The van der Waals surface area contributed by atoms with Crippen molar-refractivity contribution in [3.8, 4) is 17.0 Å². The lowest BCUT2D eigenvalue weighted by molar-refractivity contribution is 0.0999. The third-order valence-electron chi connectivity index (χ3n) is 5.46. The topological polar surface area (TPSA) is 57.2 Å². The highest BCUT2D eigenvalue weighted by molar-refractivity contribution is 5.96. The molecule has 1 amide bonds. The first-order valence-corrected chi connectivity index (χ1v) is 9.69. The van der Waals surface area contributed by atoms with Crippen LogP contribution in [0.5, 0.6) is 5.75 Å². The van der Waals surface area contributed by atoms with Crippen LogP contribution in [0.4, 0.5) is 0 Å². The van der Waals surface area contributed by atoms with Crippen LogP contribution in [0.25, 0.3) is 22.0 Å². The zero-order chi connectivity index (χ0) is 20.4. The summed E-state index contributed by atoms with van der Waals surface area (Å²) in [6, 6.07) is 24.7. The van der Waals surface area contributed by atoms with E-state index >= 15 is 0 Å². The van der Waals surface area contributed by atoms with Gasteiger partial charge in [0, 0.05) is 17.9 Å². The second kappa shape index (κ2) is 7.84. The summed E-state index contributed by atoms with van der Waals surface area (Å²) >= 11 is 0. The van der Waals surface area contributed by atoms with Gasteiger partial charge < -0.3 is 15.0 Å². The molecule has 0 unspecified atom stereocenters. The van der Waals surface area contributed by atoms with Crippen molar-refractivity contribution in [2.45, 2.75) is 19.9 Å². The van der Waals surface area contributed by atoms with Crippen LogP contribution >= 0.6 is 0 Å². The smallest absolute Gasteiger partial charge is 0.250 e. The summed E-state index contributed by atoms with van der Waals surface area (Å²) in [6.07, 6.45) is 0.846. The molecule has 1 heterocycles. The fourth-order valence-electron chi connectivity index (χ4n) is 3.80. The standard InChI is InChI=1S/C25H24N2O2/c1-17-23(25(26)28)16-24(21-10-9-19-5-3-4-6-20(19)15-21)27(17)14-13-18-7-11-22(29-2)12-8-18/h3-12,15-16H,13-14H2,1-2H3,(H2,26,28). The maximum atomic E-state index is 12.0. The normalized spacial score (nSPS) is 11.0. The van der Waals surface area contributed by atoms with Crippen molar-refractivity contribution in [3.63, 3.8) is 0 Å². The average Bonchev–Trinajstić information content (AvgIpc) is 3.08. The third kappa shape index (κ3) is 3.74. The SMILES string of the molecule is COc1ccc(CCn2c(-c3ccc4ccccc4c3)cc(C(N)=O)c2C)cc1. The zero-order valence-electron chi connectivity index (χ0n) is 16.7. The second-order valence-corrected chi connectivity index (χ2v) is 7.20. The Bertz CT molecular complexity index is 1170. The number of methoxy groups -OCH3 is 1. The Hall–Kier alpha value is -3.53. The molecule has 0 aliphatic heterocycles. The number of rotatable bonds is 6. The van der Waals surface area contributed by atoms with Gasteiger partial charge in [-0.1, -0.05) is 48.5 Å². The molecular formula is C25H24N2O2. The van der Waals surface area contributed by atoms with E-state index in [-0.39, 0.29) is 0 Å². The fraction of sp³-hybridized carbons (Fsp3) is 0.160. The summed E-state index contributed by atoms with van der Waals surface area (Å²) in [5.41, 5.74) is 10.4. The minimum atomic E-state index is -0.396. The molecule has 0 spiro atoms. The molecular weight excluding hydrogens is 360 g/mol. The molecule has 0 radical (unpaired) electrons. The molecule has 4 nitrogen and oxygen atoms in total. The van der Waals surface area contributed by atoms with Crippen LogP contribution in [0, 0.1) is 6.92 Å². The van der Waals surface area contributed by atoms with Crippen LogP contribution in [0.3, 0.4) is 0 Å². The largest absolute Gasteiger partial charge is 0.497 e. The molecule has 4 rings (SSSR count). The van der Waals surface area contributed by atoms with Gasteiger partial charge in [0.05, 0.1) is 12.7 Å². The van der Waals surface area contributed by atoms with Gasteiger partial charge in [-0.25, -0.2) is 0 Å². The second-order valence-electron chi connectivity index (χ2n) is 7.20. The number of hydrogen-bond donors (Lipinski definition) is 1. The van der Waals surface area contributed by atoms with Crippen LogP contribution in [0.2, 0.25) is 0 Å². The molecule has 4 heteroatoms. The first-order chi connectivity index (χ1) is 14.1. The van der Waals surface area contributed by atoms with Crippen molar-refractivity contribution in [2.75, 3.05) is 7.11 Å². The van der Waals surface area contributed by atoms with Crippen LogP contribution < -0.4 is 10.5 Å². The Morgan fingerprint density at radius 1 is 0.966 bits per heavy atom. The first kappa shape index (κ1) is 18.8. The van der Waals surface area contributed by atoms with E-state index in [2.05, 4.69) is 47.0 Å². The van der Waals surface area contributed by atoms with Crippen molar-refractivity contribution in [2.24, 2.45) is 5.73 Å². The van der Waals surface area contributed by atoms with E-state index in [1.807, 2.05) is 37.3 Å². The zero-order valence-corrected chi connectivity index (χ0v) is 16.7. The minimum Gasteiger partial charge on any atom is -0.497 e. The Morgan fingerprint density at radius 3 is 2.38 bits per heavy atom. The number of hydrogen-bond acceptors (Lipinski definition) is 2. The van der Waals surface area contributed by atoms with E-state index in [1.165, 1.54) is 16.3 Å². The number of nitrogens with zero attached hydrogens (tertiary/aromatic N) is 1. The van der Waals surface area contributed by atoms with E-state index in [4.69, 9.17) is 10.5 Å². The molecule has 4 aromatic rings. The van der Waals surface area contributed by atoms with Gasteiger partial charge in [0.15, 0.2) is 0 Å². The number of ether oxygens (including phenoxy) is 1. The van der Waals surface area contributed by atoms with Crippen molar-refractivity contribution in [1.29, 1.82) is 0 Å². The molecule has 2 N–H and O–H groups in total. The number of fused-ring (bicyclic) bond motifs is 1. The Kier molecular flexibility index (Phi) is 5.09. The van der Waals surface area contributed by atoms with Crippen LogP contribution in [0.1, 0.15) is 21.6 Å². The molecule has 0 saturated carbocycles. The number of carbonyl (C=O) groups excluding carboxylic acids is 1. The fourth-order valence-corrected chi connectivity index (χ4v) is 3.80. The maximum Gasteiger partial charge on any atom is 0.250 e. The van der Waals surface area contributed by atoms with Crippen molar-refractivity contribution in [3.05, 3.63) is 89.6 Å². The van der Waals surface area contributed by atoms with E-state index < -0.39 is 5.91 Å². The van der Waals surface area contributed by atoms with Crippen LogP contribution in [-0.4, -0.2) is 17.6 Å². The highest BCUT2D eigenvalue weighted by Crippen LogP contribution is 2.29. The monoisotopic (exact) mass is 384 g/mol. The minimum absolute atomic E-state index is 0.396. The molecule has 0 aliphatic rings. The van der Waals surface area contributed by atoms with Gasteiger partial charge in [-0.05, 0) is 59.5 Å². The summed E-state index contributed by atoms with van der Waals surface area (Å²) in [5, 5.41) is 2.37. The van der Waals surface area contributed by atoms with Gasteiger partial charge in [-0.15, -0.1) is 0 Å². The lowest BCUT2D eigenvalue weighted by Gasteiger charge is -2.13. The number of aryl methyl sites for hydroxylation is 1. The van der Waals surface area contributed by atoms with E-state index in [0.717, 1.165) is 35.7 Å². The van der Waals surface area contributed by atoms with Crippen molar-refractivity contribution in [1.82, 2.24) is 4.57 Å². The number of aromatic nitrogens is 1. The molecule has 0 fully saturated rings. The highest BCUT2D eigenvalue weighted by atomic mass is 16.5. The van der Waals surface area contributed by atoms with Gasteiger partial charge >= 0.3 is 0 Å². The third-order valence-corrected chi connectivity index (χ3v) is 5.46. The summed E-state index contributed by atoms with van der Waals surface area (Å²) in [7, 11) is 1.67. The number of carbonyl (C=O) groups is 1.